The Bertz CT molecular complexity index is 443. The average Bonchev–Trinajstić information content (AvgIpc) is 2.26. The van der Waals surface area contributed by atoms with E-state index in [2.05, 4.69) is 13.7 Å². The van der Waals surface area contributed by atoms with Gasteiger partial charge in [0, 0.05) is 0 Å². The number of ether oxygens (including phenoxy) is 2. The third-order valence-corrected chi connectivity index (χ3v) is 2.79. The molecule has 0 heterocycles. The van der Waals surface area contributed by atoms with Gasteiger partial charge in [-0.2, -0.15) is 21.6 Å². The summed E-state index contributed by atoms with van der Waals surface area (Å²) in [4.78, 5) is 22.4. The predicted molar refractivity (Wildman–Crippen MR) is 57.7 cm³/mol. The van der Waals surface area contributed by atoms with Crippen LogP contribution >= 0.6 is 0 Å². The van der Waals surface area contributed by atoms with Crippen molar-refractivity contribution >= 4 is 22.1 Å². The molecular weight excluding hydrogens is 309 g/mol. The van der Waals surface area contributed by atoms with Crippen LogP contribution in [0.5, 0.6) is 0 Å². The minimum absolute atomic E-state index is 0.0968. The Balaban J connectivity index is 5.05. The van der Waals surface area contributed by atoms with E-state index in [0.717, 1.165) is 0 Å². The normalized spacial score (nSPS) is 13.7. The molecule has 118 valence electrons. The van der Waals surface area contributed by atoms with E-state index in [1.54, 1.807) is 0 Å². The van der Waals surface area contributed by atoms with Crippen LogP contribution < -0.4 is 0 Å². The van der Waals surface area contributed by atoms with Crippen LogP contribution in [-0.4, -0.2) is 45.2 Å². The van der Waals surface area contributed by atoms with Crippen molar-refractivity contribution in [1.29, 1.82) is 0 Å². The third kappa shape index (κ3) is 5.74. The van der Waals surface area contributed by atoms with Crippen molar-refractivity contribution in [3.63, 3.8) is 0 Å². The molecular formula is C9H13F3O7S. The molecule has 0 bridgehead atoms. The van der Waals surface area contributed by atoms with Crippen LogP contribution in [0.15, 0.2) is 0 Å². The van der Waals surface area contributed by atoms with Crippen LogP contribution in [0.4, 0.5) is 13.2 Å². The number of alkyl halides is 3. The number of halogens is 3. The first-order valence-corrected chi connectivity index (χ1v) is 6.77. The van der Waals surface area contributed by atoms with Crippen LogP contribution in [0.1, 0.15) is 20.3 Å². The van der Waals surface area contributed by atoms with E-state index >= 15 is 0 Å². The molecule has 0 aromatic carbocycles. The van der Waals surface area contributed by atoms with Crippen LogP contribution in [-0.2, 0) is 33.4 Å². The molecule has 0 N–H and O–H groups in total. The van der Waals surface area contributed by atoms with Gasteiger partial charge in [0.2, 0.25) is 0 Å². The van der Waals surface area contributed by atoms with Gasteiger partial charge in [-0.3, -0.25) is 4.79 Å². The molecule has 0 saturated heterocycles. The summed E-state index contributed by atoms with van der Waals surface area (Å²) in [5.74, 6) is -2.50. The summed E-state index contributed by atoms with van der Waals surface area (Å²) in [5.41, 5.74) is -5.72. The number of carbonyl (C=O) groups excluding carboxylic acids is 2. The Morgan fingerprint density at radius 1 is 1.10 bits per heavy atom. The molecule has 0 radical (unpaired) electrons. The summed E-state index contributed by atoms with van der Waals surface area (Å²) in [5, 5.41) is 0. The number of carbonyl (C=O) groups is 2. The number of esters is 2. The Morgan fingerprint density at radius 3 is 2.00 bits per heavy atom. The average molecular weight is 322 g/mol. The molecule has 1 atom stereocenters. The van der Waals surface area contributed by atoms with Gasteiger partial charge in [0.1, 0.15) is 0 Å². The highest BCUT2D eigenvalue weighted by atomic mass is 32.2. The number of hydrogen-bond donors (Lipinski definition) is 0. The van der Waals surface area contributed by atoms with Gasteiger partial charge in [-0.15, -0.1) is 0 Å². The summed E-state index contributed by atoms with van der Waals surface area (Å²) >= 11 is 0. The fourth-order valence-corrected chi connectivity index (χ4v) is 1.53. The van der Waals surface area contributed by atoms with Gasteiger partial charge < -0.3 is 9.47 Å². The Morgan fingerprint density at radius 2 is 1.60 bits per heavy atom. The van der Waals surface area contributed by atoms with E-state index < -0.39 is 40.1 Å². The first-order valence-electron chi connectivity index (χ1n) is 5.37. The van der Waals surface area contributed by atoms with E-state index in [9.17, 15) is 31.2 Å². The Labute approximate surface area is 113 Å². The standard InChI is InChI=1S/C9H13F3O7S/c1-3-17-7(13)5-6(8(14)18-4-2)19-20(15,16)9(10,11)12/h6H,3-5H2,1-2H3. The Hall–Kier alpha value is -1.36. The van der Waals surface area contributed by atoms with Crippen molar-refractivity contribution in [3.8, 4) is 0 Å². The van der Waals surface area contributed by atoms with Gasteiger partial charge in [0.05, 0.1) is 19.6 Å². The molecule has 0 rings (SSSR count). The molecule has 7 nitrogen and oxygen atoms in total. The van der Waals surface area contributed by atoms with Crippen LogP contribution in [0.3, 0.4) is 0 Å². The quantitative estimate of drug-likeness (QED) is 0.387. The third-order valence-electron chi connectivity index (χ3n) is 1.73. The SMILES string of the molecule is CCOC(=O)CC(OS(=O)(=O)C(F)(F)F)C(=O)OCC. The van der Waals surface area contributed by atoms with Crippen molar-refractivity contribution in [2.24, 2.45) is 0 Å². The summed E-state index contributed by atoms with van der Waals surface area (Å²) in [6.07, 6.45) is -3.26. The molecule has 0 fully saturated rings. The molecule has 1 unspecified atom stereocenters. The summed E-state index contributed by atoms with van der Waals surface area (Å²) in [7, 11) is -6.03. The largest absolute Gasteiger partial charge is 0.523 e. The highest BCUT2D eigenvalue weighted by Crippen LogP contribution is 2.26. The second-order valence-electron chi connectivity index (χ2n) is 3.25. The zero-order valence-electron chi connectivity index (χ0n) is 10.6. The van der Waals surface area contributed by atoms with Gasteiger partial charge in [0.15, 0.2) is 6.10 Å². The smallest absolute Gasteiger partial charge is 0.466 e. The van der Waals surface area contributed by atoms with Crippen molar-refractivity contribution in [3.05, 3.63) is 0 Å². The maximum atomic E-state index is 12.1. The molecule has 20 heavy (non-hydrogen) atoms. The van der Waals surface area contributed by atoms with Crippen LogP contribution in [0.2, 0.25) is 0 Å². The first kappa shape index (κ1) is 18.6. The van der Waals surface area contributed by atoms with Gasteiger partial charge in [-0.25, -0.2) is 8.98 Å². The lowest BCUT2D eigenvalue weighted by molar-refractivity contribution is -0.158. The van der Waals surface area contributed by atoms with E-state index in [4.69, 9.17) is 0 Å². The molecule has 11 heteroatoms. The molecule has 0 aromatic rings. The summed E-state index contributed by atoms with van der Waals surface area (Å²) in [6.45, 7) is 2.44. The minimum atomic E-state index is -6.03. The van der Waals surface area contributed by atoms with Gasteiger partial charge in [0.25, 0.3) is 0 Å². The Kier molecular flexibility index (Phi) is 6.92. The van der Waals surface area contributed by atoms with Crippen LogP contribution in [0, 0.1) is 0 Å². The maximum absolute atomic E-state index is 12.1. The van der Waals surface area contributed by atoms with Gasteiger partial charge in [-0.05, 0) is 13.8 Å². The first-order chi connectivity index (χ1) is 9.05. The van der Waals surface area contributed by atoms with E-state index in [0.29, 0.717) is 0 Å². The summed E-state index contributed by atoms with van der Waals surface area (Å²) < 4.78 is 70.5. The number of rotatable bonds is 7. The van der Waals surface area contributed by atoms with E-state index in [-0.39, 0.29) is 13.2 Å². The molecule has 0 aromatic heterocycles. The second-order valence-corrected chi connectivity index (χ2v) is 4.81. The highest BCUT2D eigenvalue weighted by Gasteiger charge is 2.50. The molecule has 0 aliphatic rings. The fourth-order valence-electron chi connectivity index (χ4n) is 0.971. The van der Waals surface area contributed by atoms with Crippen molar-refractivity contribution in [2.75, 3.05) is 13.2 Å². The van der Waals surface area contributed by atoms with Gasteiger partial charge >= 0.3 is 27.6 Å². The second kappa shape index (κ2) is 7.43. The topological polar surface area (TPSA) is 96.0 Å². The molecule has 0 spiro atoms. The molecule has 0 aliphatic carbocycles. The summed E-state index contributed by atoms with van der Waals surface area (Å²) in [6, 6.07) is 0. The fraction of sp³-hybridized carbons (Fsp3) is 0.778. The lowest BCUT2D eigenvalue weighted by atomic mass is 10.2. The van der Waals surface area contributed by atoms with Crippen molar-refractivity contribution in [1.82, 2.24) is 0 Å². The zero-order chi connectivity index (χ0) is 16.0. The van der Waals surface area contributed by atoms with E-state index in [1.807, 2.05) is 0 Å². The van der Waals surface area contributed by atoms with Crippen LogP contribution in [0.25, 0.3) is 0 Å². The molecule has 0 amide bonds. The predicted octanol–water partition coefficient (Wildman–Crippen LogP) is 0.738. The lowest BCUT2D eigenvalue weighted by Crippen LogP contribution is -2.36. The maximum Gasteiger partial charge on any atom is 0.523 e. The minimum Gasteiger partial charge on any atom is -0.466 e. The monoisotopic (exact) mass is 322 g/mol. The highest BCUT2D eigenvalue weighted by molar-refractivity contribution is 7.87. The lowest BCUT2D eigenvalue weighted by Gasteiger charge is -2.16. The zero-order valence-corrected chi connectivity index (χ0v) is 11.4. The van der Waals surface area contributed by atoms with Gasteiger partial charge in [-0.1, -0.05) is 0 Å². The molecule has 0 saturated carbocycles. The number of hydrogen-bond acceptors (Lipinski definition) is 7. The van der Waals surface area contributed by atoms with E-state index in [1.165, 1.54) is 13.8 Å². The van der Waals surface area contributed by atoms with Crippen molar-refractivity contribution in [2.45, 2.75) is 31.9 Å². The molecule has 0 aliphatic heterocycles. The van der Waals surface area contributed by atoms with Crippen molar-refractivity contribution < 1.29 is 44.8 Å².